The van der Waals surface area contributed by atoms with Gasteiger partial charge in [-0.15, -0.1) is 6.58 Å². The lowest BCUT2D eigenvalue weighted by atomic mass is 9.66. The zero-order valence-corrected chi connectivity index (χ0v) is 21.2. The number of nitrogens with zero attached hydrogens (tertiary/aromatic N) is 2. The zero-order chi connectivity index (χ0) is 25.9. The van der Waals surface area contributed by atoms with Crippen molar-refractivity contribution in [2.45, 2.75) is 70.7 Å². The predicted molar refractivity (Wildman–Crippen MR) is 131 cm³/mol. The van der Waals surface area contributed by atoms with Crippen LogP contribution in [0, 0.1) is 31.6 Å². The maximum absolute atomic E-state index is 14.5. The molecule has 1 aromatic rings. The van der Waals surface area contributed by atoms with Gasteiger partial charge >= 0.3 is 5.97 Å². The van der Waals surface area contributed by atoms with Crippen LogP contribution < -0.4 is 4.90 Å². The minimum Gasteiger partial charge on any atom is -0.481 e. The van der Waals surface area contributed by atoms with Gasteiger partial charge in [-0.05, 0) is 56.7 Å². The van der Waals surface area contributed by atoms with E-state index >= 15 is 0 Å². The monoisotopic (exact) mass is 484 g/mol. The summed E-state index contributed by atoms with van der Waals surface area (Å²) in [6.45, 7) is 13.1. The number of aliphatic carboxylic acids is 1. The minimum absolute atomic E-state index is 0.154. The zero-order valence-electron chi connectivity index (χ0n) is 21.2. The summed E-state index contributed by atoms with van der Waals surface area (Å²) in [7, 11) is 0. The Morgan fingerprint density at radius 2 is 2.00 bits per heavy atom. The minimum atomic E-state index is -1.26. The first-order valence-electron chi connectivity index (χ1n) is 12.3. The summed E-state index contributed by atoms with van der Waals surface area (Å²) in [6.07, 6.45) is 2.49. The van der Waals surface area contributed by atoms with E-state index in [9.17, 15) is 24.6 Å². The fraction of sp³-hybridized carbons (Fsp3) is 0.593. The van der Waals surface area contributed by atoms with Gasteiger partial charge in [0.15, 0.2) is 0 Å². The molecule has 0 aromatic heterocycles. The van der Waals surface area contributed by atoms with Crippen LogP contribution in [0.25, 0.3) is 0 Å². The van der Waals surface area contributed by atoms with Crippen molar-refractivity contribution in [3.8, 4) is 0 Å². The van der Waals surface area contributed by atoms with Crippen molar-refractivity contribution in [3.05, 3.63) is 42.0 Å². The average molecular weight is 485 g/mol. The second-order valence-corrected chi connectivity index (χ2v) is 10.8. The maximum atomic E-state index is 14.5. The Labute approximate surface area is 206 Å². The number of anilines is 1. The number of rotatable bonds is 8. The van der Waals surface area contributed by atoms with Crippen molar-refractivity contribution in [2.24, 2.45) is 17.8 Å². The molecule has 0 saturated carbocycles. The van der Waals surface area contributed by atoms with Gasteiger partial charge in [-0.3, -0.25) is 14.4 Å². The molecule has 8 nitrogen and oxygen atoms in total. The van der Waals surface area contributed by atoms with E-state index in [-0.39, 0.29) is 25.0 Å². The van der Waals surface area contributed by atoms with Gasteiger partial charge in [-0.2, -0.15) is 0 Å². The lowest BCUT2D eigenvalue weighted by Gasteiger charge is -2.40. The van der Waals surface area contributed by atoms with E-state index in [4.69, 9.17) is 4.74 Å². The molecule has 35 heavy (non-hydrogen) atoms. The van der Waals surface area contributed by atoms with E-state index in [0.29, 0.717) is 18.5 Å². The molecule has 3 saturated heterocycles. The molecule has 3 aliphatic heterocycles. The van der Waals surface area contributed by atoms with Crippen molar-refractivity contribution in [1.82, 2.24) is 4.90 Å². The van der Waals surface area contributed by atoms with Gasteiger partial charge in [0, 0.05) is 12.2 Å². The quantitative estimate of drug-likeness (QED) is 0.550. The van der Waals surface area contributed by atoms with Crippen LogP contribution in [0.3, 0.4) is 0 Å². The number of carbonyl (C=O) groups is 3. The summed E-state index contributed by atoms with van der Waals surface area (Å²) in [4.78, 5) is 43.9. The van der Waals surface area contributed by atoms with E-state index in [1.165, 1.54) is 4.90 Å². The van der Waals surface area contributed by atoms with Gasteiger partial charge < -0.3 is 24.7 Å². The van der Waals surface area contributed by atoms with Crippen LogP contribution in [-0.2, 0) is 19.1 Å². The number of aryl methyl sites for hydroxylation is 2. The first kappa shape index (κ1) is 25.4. The van der Waals surface area contributed by atoms with E-state index < -0.39 is 47.0 Å². The van der Waals surface area contributed by atoms with Crippen LogP contribution in [0.5, 0.6) is 0 Å². The molecule has 2 N–H and O–H groups in total. The molecule has 3 aliphatic rings. The van der Waals surface area contributed by atoms with Crippen LogP contribution >= 0.6 is 0 Å². The standard InChI is InChI=1S/C27H36N2O6/c1-7-12-28(18-13-16(4)8-9-17(18)5)24(32)22-27-11-10-26(6,35-27)21(25(33)34)20(27)23(31)29(22)19(14-30)15(2)3/h7-9,13,15,19-22,30H,1,10-12,14H2,2-6H3,(H,33,34)/t19-,20-,21+,22?,26-,27?/m0/s1. The van der Waals surface area contributed by atoms with Crippen LogP contribution in [0.4, 0.5) is 5.69 Å². The molecule has 1 aromatic carbocycles. The third-order valence-corrected chi connectivity index (χ3v) is 8.26. The summed E-state index contributed by atoms with van der Waals surface area (Å²) < 4.78 is 6.47. The molecule has 6 atom stereocenters. The van der Waals surface area contributed by atoms with Crippen molar-refractivity contribution >= 4 is 23.5 Å². The number of benzene rings is 1. The molecule has 0 radical (unpaired) electrons. The van der Waals surface area contributed by atoms with Gasteiger partial charge in [-0.25, -0.2) is 0 Å². The average Bonchev–Trinajstić information content (AvgIpc) is 3.35. The molecule has 2 bridgehead atoms. The molecule has 1 spiro atoms. The van der Waals surface area contributed by atoms with E-state index in [0.717, 1.165) is 11.1 Å². The molecule has 190 valence electrons. The Kier molecular flexibility index (Phi) is 6.34. The lowest BCUT2D eigenvalue weighted by Crippen LogP contribution is -2.60. The number of hydrogen-bond acceptors (Lipinski definition) is 5. The molecular formula is C27H36N2O6. The maximum Gasteiger partial charge on any atom is 0.310 e. The topological polar surface area (TPSA) is 107 Å². The van der Waals surface area contributed by atoms with Crippen LogP contribution in [0.1, 0.15) is 44.7 Å². The molecule has 3 heterocycles. The molecular weight excluding hydrogens is 448 g/mol. The highest BCUT2D eigenvalue weighted by molar-refractivity contribution is 6.05. The number of fused-ring (bicyclic) bond motifs is 1. The number of carbonyl (C=O) groups excluding carboxylic acids is 2. The molecule has 2 amide bonds. The van der Waals surface area contributed by atoms with Gasteiger partial charge in [0.1, 0.15) is 11.6 Å². The van der Waals surface area contributed by atoms with Crippen LogP contribution in [0.15, 0.2) is 30.9 Å². The SMILES string of the molecule is C=CCN(C(=O)C1N([C@@H](CO)C(C)C)C(=O)[C@@H]2[C@H](C(=O)O)[C@]3(C)CCC12O3)c1cc(C)ccc1C. The summed E-state index contributed by atoms with van der Waals surface area (Å²) in [6, 6.07) is 4.14. The Morgan fingerprint density at radius 1 is 1.31 bits per heavy atom. The number of aliphatic hydroxyl groups excluding tert-OH is 1. The Hall–Kier alpha value is -2.71. The number of ether oxygens (including phenoxy) is 1. The van der Waals surface area contributed by atoms with Crippen LogP contribution in [0.2, 0.25) is 0 Å². The first-order chi connectivity index (χ1) is 16.4. The molecule has 3 fully saturated rings. The number of carboxylic acid groups (broad SMARTS) is 1. The number of amides is 2. The summed E-state index contributed by atoms with van der Waals surface area (Å²) in [5.74, 6) is -4.05. The number of likely N-dealkylation sites (tertiary alicyclic amines) is 1. The van der Waals surface area contributed by atoms with Gasteiger partial charge in [-0.1, -0.05) is 32.1 Å². The normalized spacial score (nSPS) is 32.1. The third-order valence-electron chi connectivity index (χ3n) is 8.26. The van der Waals surface area contributed by atoms with E-state index in [2.05, 4.69) is 6.58 Å². The first-order valence-corrected chi connectivity index (χ1v) is 12.3. The highest BCUT2D eigenvalue weighted by atomic mass is 16.5. The fourth-order valence-electron chi connectivity index (χ4n) is 6.59. The number of hydrogen-bond donors (Lipinski definition) is 2. The van der Waals surface area contributed by atoms with Crippen molar-refractivity contribution in [1.29, 1.82) is 0 Å². The molecule has 8 heteroatoms. The Balaban J connectivity index is 1.90. The highest BCUT2D eigenvalue weighted by Gasteiger charge is 2.79. The fourth-order valence-corrected chi connectivity index (χ4v) is 6.59. The second kappa shape index (κ2) is 8.75. The summed E-state index contributed by atoms with van der Waals surface area (Å²) in [5, 5.41) is 20.4. The highest BCUT2D eigenvalue weighted by Crippen LogP contribution is 2.63. The smallest absolute Gasteiger partial charge is 0.310 e. The van der Waals surface area contributed by atoms with Gasteiger partial charge in [0.05, 0.1) is 30.1 Å². The molecule has 2 unspecified atom stereocenters. The van der Waals surface area contributed by atoms with E-state index in [1.807, 2.05) is 45.9 Å². The van der Waals surface area contributed by atoms with Gasteiger partial charge in [0.2, 0.25) is 5.91 Å². The second-order valence-electron chi connectivity index (χ2n) is 10.8. The number of carboxylic acids is 1. The van der Waals surface area contributed by atoms with E-state index in [1.54, 1.807) is 17.9 Å². The Bertz CT molecular complexity index is 1070. The summed E-state index contributed by atoms with van der Waals surface area (Å²) in [5.41, 5.74) is 0.304. The third kappa shape index (κ3) is 3.61. The lowest BCUT2D eigenvalue weighted by molar-refractivity contribution is -0.156. The van der Waals surface area contributed by atoms with Crippen molar-refractivity contribution in [3.63, 3.8) is 0 Å². The summed E-state index contributed by atoms with van der Waals surface area (Å²) >= 11 is 0. The van der Waals surface area contributed by atoms with Gasteiger partial charge in [0.25, 0.3) is 5.91 Å². The largest absolute Gasteiger partial charge is 0.481 e. The molecule has 4 rings (SSSR count). The Morgan fingerprint density at radius 3 is 2.57 bits per heavy atom. The van der Waals surface area contributed by atoms with Crippen LogP contribution in [-0.4, -0.2) is 69.3 Å². The van der Waals surface area contributed by atoms with Crippen molar-refractivity contribution < 1.29 is 29.3 Å². The van der Waals surface area contributed by atoms with Crippen molar-refractivity contribution in [2.75, 3.05) is 18.1 Å². The predicted octanol–water partition coefficient (Wildman–Crippen LogP) is 2.69. The molecule has 0 aliphatic carbocycles. The number of aliphatic hydroxyl groups is 1.